The van der Waals surface area contributed by atoms with Crippen LogP contribution in [0.3, 0.4) is 0 Å². The molecule has 0 spiro atoms. The van der Waals surface area contributed by atoms with E-state index in [1.54, 1.807) is 37.6 Å². The summed E-state index contributed by atoms with van der Waals surface area (Å²) < 4.78 is 5.16. The van der Waals surface area contributed by atoms with Gasteiger partial charge in [0.2, 0.25) is 0 Å². The first-order valence-electron chi connectivity index (χ1n) is 9.37. The molecular weight excluding hydrogens is 501 g/mol. The van der Waals surface area contributed by atoms with E-state index >= 15 is 0 Å². The van der Waals surface area contributed by atoms with Crippen LogP contribution in [0.15, 0.2) is 46.8 Å². The SMILES string of the molecule is CN=C(NCCNC(=O)c1cccc(OC)c1)N1CCN(c2cccs2)CC1.I. The smallest absolute Gasteiger partial charge is 0.251 e. The van der Waals surface area contributed by atoms with Crippen LogP contribution in [0.25, 0.3) is 0 Å². The van der Waals surface area contributed by atoms with Crippen LogP contribution in [0, 0.1) is 0 Å². The van der Waals surface area contributed by atoms with E-state index in [0.717, 1.165) is 32.1 Å². The number of hydrogen-bond acceptors (Lipinski definition) is 5. The molecule has 0 unspecified atom stereocenters. The molecule has 158 valence electrons. The Kier molecular flexibility index (Phi) is 9.52. The molecule has 1 aliphatic rings. The number of halogens is 1. The highest BCUT2D eigenvalue weighted by molar-refractivity contribution is 14.0. The van der Waals surface area contributed by atoms with Gasteiger partial charge >= 0.3 is 0 Å². The van der Waals surface area contributed by atoms with Crippen molar-refractivity contribution in [2.75, 3.05) is 58.3 Å². The lowest BCUT2D eigenvalue weighted by molar-refractivity contribution is 0.0954. The van der Waals surface area contributed by atoms with E-state index in [4.69, 9.17) is 4.74 Å². The molecule has 3 rings (SSSR count). The number of benzene rings is 1. The van der Waals surface area contributed by atoms with Gasteiger partial charge in [-0.2, -0.15) is 0 Å². The van der Waals surface area contributed by atoms with Gasteiger partial charge in [0.1, 0.15) is 5.75 Å². The Labute approximate surface area is 193 Å². The number of nitrogens with one attached hydrogen (secondary N) is 2. The second-order valence-electron chi connectivity index (χ2n) is 6.39. The van der Waals surface area contributed by atoms with E-state index in [2.05, 4.69) is 42.9 Å². The Morgan fingerprint density at radius 1 is 1.14 bits per heavy atom. The minimum atomic E-state index is -0.111. The lowest BCUT2D eigenvalue weighted by Gasteiger charge is -2.37. The number of piperazine rings is 1. The van der Waals surface area contributed by atoms with Crippen LogP contribution in [0.2, 0.25) is 0 Å². The van der Waals surface area contributed by atoms with Crippen molar-refractivity contribution in [3.63, 3.8) is 0 Å². The highest BCUT2D eigenvalue weighted by Crippen LogP contribution is 2.22. The van der Waals surface area contributed by atoms with E-state index in [9.17, 15) is 4.79 Å². The monoisotopic (exact) mass is 529 g/mol. The third-order valence-electron chi connectivity index (χ3n) is 4.63. The zero-order valence-electron chi connectivity index (χ0n) is 16.8. The fourth-order valence-corrected chi connectivity index (χ4v) is 3.92. The summed E-state index contributed by atoms with van der Waals surface area (Å²) in [6.45, 7) is 4.95. The minimum Gasteiger partial charge on any atom is -0.497 e. The van der Waals surface area contributed by atoms with Crippen LogP contribution in [0.5, 0.6) is 5.75 Å². The zero-order valence-corrected chi connectivity index (χ0v) is 19.9. The number of hydrogen-bond donors (Lipinski definition) is 2. The van der Waals surface area contributed by atoms with Gasteiger partial charge in [-0.05, 0) is 35.7 Å². The highest BCUT2D eigenvalue weighted by Gasteiger charge is 2.20. The average molecular weight is 529 g/mol. The molecule has 29 heavy (non-hydrogen) atoms. The second-order valence-corrected chi connectivity index (χ2v) is 7.31. The maximum Gasteiger partial charge on any atom is 0.251 e. The average Bonchev–Trinajstić information content (AvgIpc) is 3.29. The molecule has 1 fully saturated rings. The van der Waals surface area contributed by atoms with Crippen molar-refractivity contribution in [2.24, 2.45) is 4.99 Å². The van der Waals surface area contributed by atoms with Crippen molar-refractivity contribution in [2.45, 2.75) is 0 Å². The van der Waals surface area contributed by atoms with E-state index in [-0.39, 0.29) is 29.9 Å². The molecule has 0 saturated carbocycles. The lowest BCUT2D eigenvalue weighted by atomic mass is 10.2. The summed E-state index contributed by atoms with van der Waals surface area (Å²) in [6.07, 6.45) is 0. The Hall–Kier alpha value is -2.01. The first-order chi connectivity index (χ1) is 13.7. The van der Waals surface area contributed by atoms with Crippen molar-refractivity contribution >= 4 is 52.2 Å². The summed E-state index contributed by atoms with van der Waals surface area (Å²) in [7, 11) is 3.38. The van der Waals surface area contributed by atoms with E-state index in [1.807, 2.05) is 12.1 Å². The van der Waals surface area contributed by atoms with Crippen molar-refractivity contribution in [3.8, 4) is 5.75 Å². The molecular formula is C20H28IN5O2S. The fraction of sp³-hybridized carbons (Fsp3) is 0.400. The molecule has 1 saturated heterocycles. The van der Waals surface area contributed by atoms with Crippen molar-refractivity contribution < 1.29 is 9.53 Å². The van der Waals surface area contributed by atoms with Crippen molar-refractivity contribution in [1.82, 2.24) is 15.5 Å². The van der Waals surface area contributed by atoms with Crippen molar-refractivity contribution in [3.05, 3.63) is 47.3 Å². The molecule has 1 amide bonds. The predicted octanol–water partition coefficient (Wildman–Crippen LogP) is 2.50. The minimum absolute atomic E-state index is 0. The number of nitrogens with zero attached hydrogens (tertiary/aromatic N) is 3. The van der Waals surface area contributed by atoms with Gasteiger partial charge in [0.05, 0.1) is 12.1 Å². The van der Waals surface area contributed by atoms with Gasteiger partial charge in [-0.1, -0.05) is 6.07 Å². The molecule has 0 bridgehead atoms. The standard InChI is InChI=1S/C20H27N5O2S.HI/c1-21-20(25-12-10-24(11-13-25)18-7-4-14-28-18)23-9-8-22-19(26)16-5-3-6-17(15-16)27-2;/h3-7,14-15H,8-13H2,1-2H3,(H,21,23)(H,22,26);1H. The van der Waals surface area contributed by atoms with Gasteiger partial charge in [-0.3, -0.25) is 9.79 Å². The molecule has 1 aromatic heterocycles. The predicted molar refractivity (Wildman–Crippen MR) is 130 cm³/mol. The summed E-state index contributed by atoms with van der Waals surface area (Å²) in [4.78, 5) is 21.3. The number of guanidine groups is 1. The van der Waals surface area contributed by atoms with Gasteiger partial charge in [0.25, 0.3) is 5.91 Å². The number of rotatable bonds is 6. The number of methoxy groups -OCH3 is 1. The number of anilines is 1. The van der Waals surface area contributed by atoms with Crippen LogP contribution in [0.1, 0.15) is 10.4 Å². The van der Waals surface area contributed by atoms with Crippen LogP contribution in [-0.2, 0) is 0 Å². The number of carbonyl (C=O) groups is 1. The Morgan fingerprint density at radius 3 is 2.55 bits per heavy atom. The molecule has 2 N–H and O–H groups in total. The lowest BCUT2D eigenvalue weighted by Crippen LogP contribution is -2.53. The zero-order chi connectivity index (χ0) is 19.8. The molecule has 1 aromatic carbocycles. The number of aliphatic imine (C=N–C) groups is 1. The number of carbonyl (C=O) groups excluding carboxylic acids is 1. The molecule has 1 aliphatic heterocycles. The van der Waals surface area contributed by atoms with Gasteiger partial charge in [-0.25, -0.2) is 0 Å². The summed E-state index contributed by atoms with van der Waals surface area (Å²) in [5.41, 5.74) is 0.591. The fourth-order valence-electron chi connectivity index (χ4n) is 3.14. The number of amides is 1. The van der Waals surface area contributed by atoms with Crippen LogP contribution < -0.4 is 20.3 Å². The van der Waals surface area contributed by atoms with E-state index in [1.165, 1.54) is 5.00 Å². The molecule has 0 atom stereocenters. The summed E-state index contributed by atoms with van der Waals surface area (Å²) in [5, 5.41) is 9.69. The van der Waals surface area contributed by atoms with Crippen molar-refractivity contribution in [1.29, 1.82) is 0 Å². The highest BCUT2D eigenvalue weighted by atomic mass is 127. The Balaban J connectivity index is 0.00000300. The summed E-state index contributed by atoms with van der Waals surface area (Å²) >= 11 is 1.78. The molecule has 9 heteroatoms. The van der Waals surface area contributed by atoms with Gasteiger partial charge in [-0.15, -0.1) is 35.3 Å². The van der Waals surface area contributed by atoms with Crippen LogP contribution in [-0.4, -0.2) is 70.2 Å². The molecule has 0 aliphatic carbocycles. The first kappa shape index (κ1) is 23.3. The van der Waals surface area contributed by atoms with E-state index in [0.29, 0.717) is 24.4 Å². The van der Waals surface area contributed by atoms with Crippen LogP contribution in [0.4, 0.5) is 5.00 Å². The third kappa shape index (κ3) is 6.49. The van der Waals surface area contributed by atoms with E-state index < -0.39 is 0 Å². The summed E-state index contributed by atoms with van der Waals surface area (Å²) in [6, 6.07) is 11.4. The molecule has 2 aromatic rings. The maximum atomic E-state index is 12.2. The summed E-state index contributed by atoms with van der Waals surface area (Å²) in [5.74, 6) is 1.44. The maximum absolute atomic E-state index is 12.2. The largest absolute Gasteiger partial charge is 0.497 e. The molecule has 7 nitrogen and oxygen atoms in total. The normalized spacial score (nSPS) is 14.2. The molecule has 0 radical (unpaired) electrons. The van der Waals surface area contributed by atoms with Gasteiger partial charge in [0, 0.05) is 51.9 Å². The Bertz CT molecular complexity index is 792. The number of ether oxygens (including phenoxy) is 1. The number of thiophene rings is 1. The topological polar surface area (TPSA) is 69.2 Å². The second kappa shape index (κ2) is 11.9. The van der Waals surface area contributed by atoms with Crippen LogP contribution >= 0.6 is 35.3 Å². The first-order valence-corrected chi connectivity index (χ1v) is 10.3. The van der Waals surface area contributed by atoms with Gasteiger partial charge < -0.3 is 25.2 Å². The quantitative estimate of drug-likeness (QED) is 0.261. The third-order valence-corrected chi connectivity index (χ3v) is 5.56. The Morgan fingerprint density at radius 2 is 1.90 bits per heavy atom. The molecule has 2 heterocycles. The van der Waals surface area contributed by atoms with Gasteiger partial charge in [0.15, 0.2) is 5.96 Å².